The smallest absolute Gasteiger partial charge is 0.222 e. The molecule has 2 rings (SSSR count). The Morgan fingerprint density at radius 3 is 2.61 bits per heavy atom. The Bertz CT molecular complexity index is 502. The van der Waals surface area contributed by atoms with Crippen molar-refractivity contribution < 1.29 is 4.74 Å². The second-order valence-corrected chi connectivity index (χ2v) is 3.92. The minimum atomic E-state index is 0.157. The number of nitrogen functional groups attached to an aromatic ring is 2. The molecule has 94 valence electrons. The van der Waals surface area contributed by atoms with Crippen LogP contribution in [0.25, 0.3) is 0 Å². The summed E-state index contributed by atoms with van der Waals surface area (Å²) in [5, 5.41) is 0. The standard InChI is InChI=1S/C13H16N4O/c14-12-11(9-16-13(15)17-12)18-8-4-7-10-5-2-1-3-6-10/h1-3,5-6,9H,4,7-8H2,(H4,14,15,16,17). The average molecular weight is 244 g/mol. The van der Waals surface area contributed by atoms with E-state index in [2.05, 4.69) is 22.1 Å². The molecule has 0 atom stereocenters. The van der Waals surface area contributed by atoms with Crippen molar-refractivity contribution in [3.8, 4) is 5.75 Å². The first-order valence-corrected chi connectivity index (χ1v) is 5.80. The van der Waals surface area contributed by atoms with Crippen molar-refractivity contribution in [2.45, 2.75) is 12.8 Å². The third-order valence-electron chi connectivity index (χ3n) is 2.51. The van der Waals surface area contributed by atoms with E-state index in [-0.39, 0.29) is 11.8 Å². The van der Waals surface area contributed by atoms with Gasteiger partial charge in [0.05, 0.1) is 12.8 Å². The summed E-state index contributed by atoms with van der Waals surface area (Å²) in [5.41, 5.74) is 12.4. The number of hydrogen-bond donors (Lipinski definition) is 2. The van der Waals surface area contributed by atoms with E-state index in [1.807, 2.05) is 18.2 Å². The maximum Gasteiger partial charge on any atom is 0.222 e. The largest absolute Gasteiger partial charge is 0.488 e. The Morgan fingerprint density at radius 1 is 1.11 bits per heavy atom. The van der Waals surface area contributed by atoms with Gasteiger partial charge in [-0.05, 0) is 18.4 Å². The SMILES string of the molecule is Nc1ncc(OCCCc2ccccc2)c(N)n1. The van der Waals surface area contributed by atoms with Gasteiger partial charge in [0, 0.05) is 0 Å². The minimum Gasteiger partial charge on any atom is -0.488 e. The van der Waals surface area contributed by atoms with Crippen molar-refractivity contribution in [2.75, 3.05) is 18.1 Å². The van der Waals surface area contributed by atoms with Crippen molar-refractivity contribution in [1.82, 2.24) is 9.97 Å². The predicted octanol–water partition coefficient (Wildman–Crippen LogP) is 1.65. The molecule has 5 heteroatoms. The highest BCUT2D eigenvalue weighted by Gasteiger charge is 2.03. The van der Waals surface area contributed by atoms with Crippen LogP contribution in [0.1, 0.15) is 12.0 Å². The summed E-state index contributed by atoms with van der Waals surface area (Å²) in [6.45, 7) is 0.576. The summed E-state index contributed by atoms with van der Waals surface area (Å²) in [6.07, 6.45) is 3.38. The molecule has 1 heterocycles. The van der Waals surface area contributed by atoms with Crippen LogP contribution < -0.4 is 16.2 Å². The molecule has 1 aromatic heterocycles. The van der Waals surface area contributed by atoms with Crippen molar-refractivity contribution in [3.05, 3.63) is 42.1 Å². The van der Waals surface area contributed by atoms with E-state index in [0.29, 0.717) is 12.4 Å². The topological polar surface area (TPSA) is 87.0 Å². The summed E-state index contributed by atoms with van der Waals surface area (Å²) in [4.78, 5) is 7.67. The van der Waals surface area contributed by atoms with E-state index in [4.69, 9.17) is 16.2 Å². The van der Waals surface area contributed by atoms with E-state index >= 15 is 0 Å². The van der Waals surface area contributed by atoms with E-state index in [0.717, 1.165) is 12.8 Å². The quantitative estimate of drug-likeness (QED) is 0.781. The lowest BCUT2D eigenvalue weighted by atomic mass is 10.1. The molecule has 5 nitrogen and oxygen atoms in total. The zero-order valence-electron chi connectivity index (χ0n) is 10.0. The van der Waals surface area contributed by atoms with Crippen LogP contribution in [0.2, 0.25) is 0 Å². The number of nitrogens with zero attached hydrogens (tertiary/aromatic N) is 2. The molecule has 0 aliphatic heterocycles. The van der Waals surface area contributed by atoms with Crippen molar-refractivity contribution >= 4 is 11.8 Å². The number of rotatable bonds is 5. The minimum absolute atomic E-state index is 0.157. The number of aryl methyl sites for hydroxylation is 1. The summed E-state index contributed by atoms with van der Waals surface area (Å²) >= 11 is 0. The van der Waals surface area contributed by atoms with Crippen LogP contribution in [0.4, 0.5) is 11.8 Å². The number of ether oxygens (including phenoxy) is 1. The first-order chi connectivity index (χ1) is 8.75. The van der Waals surface area contributed by atoms with Gasteiger partial charge in [0.2, 0.25) is 5.95 Å². The number of nitrogens with two attached hydrogens (primary N) is 2. The molecule has 0 aliphatic rings. The molecular formula is C13H16N4O. The second-order valence-electron chi connectivity index (χ2n) is 3.92. The van der Waals surface area contributed by atoms with Gasteiger partial charge in [-0.25, -0.2) is 4.98 Å². The van der Waals surface area contributed by atoms with Crippen LogP contribution >= 0.6 is 0 Å². The molecule has 1 aromatic carbocycles. The first kappa shape index (κ1) is 12.2. The van der Waals surface area contributed by atoms with Gasteiger partial charge in [0.25, 0.3) is 0 Å². The van der Waals surface area contributed by atoms with E-state index in [1.165, 1.54) is 11.8 Å². The van der Waals surface area contributed by atoms with Crippen LogP contribution in [0, 0.1) is 0 Å². The first-order valence-electron chi connectivity index (χ1n) is 5.80. The molecular weight excluding hydrogens is 228 g/mol. The molecule has 0 bridgehead atoms. The van der Waals surface area contributed by atoms with Gasteiger partial charge in [0.1, 0.15) is 0 Å². The molecule has 0 aliphatic carbocycles. The van der Waals surface area contributed by atoms with Crippen LogP contribution in [0.3, 0.4) is 0 Å². The molecule has 0 fully saturated rings. The molecule has 0 spiro atoms. The number of benzene rings is 1. The van der Waals surface area contributed by atoms with Gasteiger partial charge in [-0.2, -0.15) is 4.98 Å². The highest BCUT2D eigenvalue weighted by molar-refractivity contribution is 5.46. The lowest BCUT2D eigenvalue weighted by Gasteiger charge is -2.07. The Kier molecular flexibility index (Phi) is 3.96. The van der Waals surface area contributed by atoms with E-state index in [9.17, 15) is 0 Å². The lowest BCUT2D eigenvalue weighted by molar-refractivity contribution is 0.310. The van der Waals surface area contributed by atoms with Gasteiger partial charge in [-0.1, -0.05) is 30.3 Å². The third kappa shape index (κ3) is 3.35. The Morgan fingerprint density at radius 2 is 1.89 bits per heavy atom. The van der Waals surface area contributed by atoms with Crippen molar-refractivity contribution in [2.24, 2.45) is 0 Å². The fraction of sp³-hybridized carbons (Fsp3) is 0.231. The van der Waals surface area contributed by atoms with Crippen molar-refractivity contribution in [3.63, 3.8) is 0 Å². The summed E-state index contributed by atoms with van der Waals surface area (Å²) in [6, 6.07) is 10.3. The summed E-state index contributed by atoms with van der Waals surface area (Å²) in [7, 11) is 0. The zero-order chi connectivity index (χ0) is 12.8. The summed E-state index contributed by atoms with van der Waals surface area (Å²) < 4.78 is 5.51. The van der Waals surface area contributed by atoms with Gasteiger partial charge in [-0.15, -0.1) is 0 Å². The molecule has 0 radical (unpaired) electrons. The Balaban J connectivity index is 1.79. The third-order valence-corrected chi connectivity index (χ3v) is 2.51. The fourth-order valence-corrected chi connectivity index (χ4v) is 1.61. The normalized spacial score (nSPS) is 10.2. The van der Waals surface area contributed by atoms with E-state index < -0.39 is 0 Å². The summed E-state index contributed by atoms with van der Waals surface area (Å²) in [5.74, 6) is 0.920. The van der Waals surface area contributed by atoms with Crippen LogP contribution in [0.5, 0.6) is 5.75 Å². The average Bonchev–Trinajstić information content (AvgIpc) is 2.38. The molecule has 0 amide bonds. The second kappa shape index (κ2) is 5.86. The molecule has 2 aromatic rings. The number of aromatic nitrogens is 2. The highest BCUT2D eigenvalue weighted by atomic mass is 16.5. The van der Waals surface area contributed by atoms with Gasteiger partial charge >= 0.3 is 0 Å². The number of hydrogen-bond acceptors (Lipinski definition) is 5. The van der Waals surface area contributed by atoms with Gasteiger partial charge < -0.3 is 16.2 Å². The van der Waals surface area contributed by atoms with Crippen LogP contribution in [0.15, 0.2) is 36.5 Å². The van der Waals surface area contributed by atoms with Crippen molar-refractivity contribution in [1.29, 1.82) is 0 Å². The Hall–Kier alpha value is -2.30. The zero-order valence-corrected chi connectivity index (χ0v) is 10.0. The molecule has 0 unspecified atom stereocenters. The lowest BCUT2D eigenvalue weighted by Crippen LogP contribution is -2.05. The Labute approximate surface area is 106 Å². The predicted molar refractivity (Wildman–Crippen MR) is 71.1 cm³/mol. The van der Waals surface area contributed by atoms with Crippen LogP contribution in [-0.2, 0) is 6.42 Å². The highest BCUT2D eigenvalue weighted by Crippen LogP contribution is 2.17. The maximum atomic E-state index is 5.66. The molecule has 4 N–H and O–H groups in total. The van der Waals surface area contributed by atoms with E-state index in [1.54, 1.807) is 0 Å². The van der Waals surface area contributed by atoms with Gasteiger partial charge in [-0.3, -0.25) is 0 Å². The maximum absolute atomic E-state index is 5.66. The van der Waals surface area contributed by atoms with Gasteiger partial charge in [0.15, 0.2) is 11.6 Å². The molecule has 0 saturated heterocycles. The molecule has 18 heavy (non-hydrogen) atoms. The number of anilines is 2. The van der Waals surface area contributed by atoms with Crippen LogP contribution in [-0.4, -0.2) is 16.6 Å². The monoisotopic (exact) mass is 244 g/mol. The molecule has 0 saturated carbocycles. The fourth-order valence-electron chi connectivity index (χ4n) is 1.61.